The van der Waals surface area contributed by atoms with Gasteiger partial charge in [-0.3, -0.25) is 4.90 Å². The molecule has 0 bridgehead atoms. The smallest absolute Gasteiger partial charge is 0.128 e. The summed E-state index contributed by atoms with van der Waals surface area (Å²) in [6.07, 6.45) is 4.57. The summed E-state index contributed by atoms with van der Waals surface area (Å²) in [7, 11) is 0. The topological polar surface area (TPSA) is 24.5 Å². The van der Waals surface area contributed by atoms with Crippen molar-refractivity contribution < 1.29 is 9.13 Å². The molecule has 21 heavy (non-hydrogen) atoms. The van der Waals surface area contributed by atoms with Crippen molar-refractivity contribution >= 4 is 0 Å². The molecule has 1 aromatic rings. The Morgan fingerprint density at radius 3 is 2.62 bits per heavy atom. The van der Waals surface area contributed by atoms with Gasteiger partial charge in [0.2, 0.25) is 0 Å². The van der Waals surface area contributed by atoms with E-state index in [1.807, 2.05) is 12.1 Å². The summed E-state index contributed by atoms with van der Waals surface area (Å²) in [5.41, 5.74) is 0.832. The number of nitrogens with one attached hydrogen (secondary N) is 1. The van der Waals surface area contributed by atoms with Gasteiger partial charge in [-0.25, -0.2) is 4.39 Å². The first kappa shape index (κ1) is 14.9. The molecule has 0 saturated carbocycles. The molecule has 116 valence electrons. The zero-order valence-electron chi connectivity index (χ0n) is 12.6. The van der Waals surface area contributed by atoms with Crippen LogP contribution in [-0.4, -0.2) is 43.8 Å². The third-order valence-corrected chi connectivity index (χ3v) is 4.67. The minimum absolute atomic E-state index is 0.0804. The molecular weight excluding hydrogens is 267 g/mol. The summed E-state index contributed by atoms with van der Waals surface area (Å²) >= 11 is 0. The Morgan fingerprint density at radius 2 is 1.90 bits per heavy atom. The minimum atomic E-state index is -0.0804. The summed E-state index contributed by atoms with van der Waals surface area (Å²) in [6.45, 7) is 4.66. The monoisotopic (exact) mass is 292 g/mol. The van der Waals surface area contributed by atoms with Crippen LogP contribution in [0.2, 0.25) is 0 Å². The van der Waals surface area contributed by atoms with Gasteiger partial charge < -0.3 is 10.1 Å². The van der Waals surface area contributed by atoms with Gasteiger partial charge in [-0.05, 0) is 44.8 Å². The van der Waals surface area contributed by atoms with Crippen LogP contribution in [0.15, 0.2) is 24.3 Å². The lowest BCUT2D eigenvalue weighted by molar-refractivity contribution is 0.0753. The average Bonchev–Trinajstić information content (AvgIpc) is 3.04. The molecule has 3 nitrogen and oxygen atoms in total. The van der Waals surface area contributed by atoms with Gasteiger partial charge >= 0.3 is 0 Å². The van der Waals surface area contributed by atoms with Crippen molar-refractivity contribution in [3.8, 4) is 0 Å². The van der Waals surface area contributed by atoms with E-state index in [4.69, 9.17) is 4.74 Å². The standard InChI is InChI=1S/C17H25FN2O/c18-16-6-2-1-5-15(16)17(20-9-3-4-10-20)13-19-14-7-11-21-12-8-14/h1-2,5-6,14,17,19H,3-4,7-13H2. The largest absolute Gasteiger partial charge is 0.381 e. The fraction of sp³-hybridized carbons (Fsp3) is 0.647. The van der Waals surface area contributed by atoms with Crippen molar-refractivity contribution in [2.45, 2.75) is 37.8 Å². The zero-order valence-corrected chi connectivity index (χ0v) is 12.6. The predicted molar refractivity (Wildman–Crippen MR) is 81.8 cm³/mol. The first-order valence-electron chi connectivity index (χ1n) is 8.14. The number of halogens is 1. The van der Waals surface area contributed by atoms with Crippen LogP contribution >= 0.6 is 0 Å². The maximum atomic E-state index is 14.2. The molecule has 0 amide bonds. The molecule has 1 atom stereocenters. The molecule has 2 aliphatic rings. The zero-order chi connectivity index (χ0) is 14.5. The Bertz CT molecular complexity index is 442. The predicted octanol–water partition coefficient (Wildman–Crippen LogP) is 2.73. The van der Waals surface area contributed by atoms with E-state index in [1.54, 1.807) is 12.1 Å². The Kier molecular flexibility index (Phi) is 5.22. The highest BCUT2D eigenvalue weighted by molar-refractivity contribution is 5.22. The highest BCUT2D eigenvalue weighted by Crippen LogP contribution is 2.26. The molecule has 3 rings (SSSR count). The van der Waals surface area contributed by atoms with Crippen molar-refractivity contribution in [3.05, 3.63) is 35.6 Å². The van der Waals surface area contributed by atoms with Crippen LogP contribution < -0.4 is 5.32 Å². The van der Waals surface area contributed by atoms with Crippen LogP contribution in [0, 0.1) is 5.82 Å². The Morgan fingerprint density at radius 1 is 1.19 bits per heavy atom. The highest BCUT2D eigenvalue weighted by atomic mass is 19.1. The summed E-state index contributed by atoms with van der Waals surface area (Å²) < 4.78 is 19.6. The van der Waals surface area contributed by atoms with E-state index in [0.29, 0.717) is 6.04 Å². The van der Waals surface area contributed by atoms with Gasteiger partial charge in [0.15, 0.2) is 0 Å². The molecule has 1 aromatic carbocycles. The normalized spacial score (nSPS) is 22.5. The third kappa shape index (κ3) is 3.82. The summed E-state index contributed by atoms with van der Waals surface area (Å²) in [6, 6.07) is 7.88. The van der Waals surface area contributed by atoms with E-state index >= 15 is 0 Å². The Hall–Kier alpha value is -0.970. The van der Waals surface area contributed by atoms with Crippen molar-refractivity contribution in [1.29, 1.82) is 0 Å². The van der Waals surface area contributed by atoms with Gasteiger partial charge in [0.25, 0.3) is 0 Å². The lowest BCUT2D eigenvalue weighted by Crippen LogP contribution is -2.41. The number of benzene rings is 1. The highest BCUT2D eigenvalue weighted by Gasteiger charge is 2.26. The molecule has 1 N–H and O–H groups in total. The molecule has 2 fully saturated rings. The summed E-state index contributed by atoms with van der Waals surface area (Å²) in [5.74, 6) is -0.0804. The second-order valence-corrected chi connectivity index (χ2v) is 6.08. The molecular formula is C17H25FN2O. The van der Waals surface area contributed by atoms with Gasteiger partial charge in [-0.1, -0.05) is 18.2 Å². The average molecular weight is 292 g/mol. The SMILES string of the molecule is Fc1ccccc1C(CNC1CCOCC1)N1CCCC1. The number of rotatable bonds is 5. The molecule has 0 radical (unpaired) electrons. The first-order chi connectivity index (χ1) is 10.3. The fourth-order valence-corrected chi connectivity index (χ4v) is 3.41. The van der Waals surface area contributed by atoms with E-state index in [2.05, 4.69) is 10.2 Å². The molecule has 0 aliphatic carbocycles. The third-order valence-electron chi connectivity index (χ3n) is 4.67. The van der Waals surface area contributed by atoms with E-state index in [-0.39, 0.29) is 11.9 Å². The van der Waals surface area contributed by atoms with Crippen LogP contribution in [0.25, 0.3) is 0 Å². The van der Waals surface area contributed by atoms with Gasteiger partial charge in [0.05, 0.1) is 6.04 Å². The van der Waals surface area contributed by atoms with Crippen LogP contribution in [0.3, 0.4) is 0 Å². The number of hydrogen-bond donors (Lipinski definition) is 1. The van der Waals surface area contributed by atoms with E-state index < -0.39 is 0 Å². The van der Waals surface area contributed by atoms with E-state index in [9.17, 15) is 4.39 Å². The van der Waals surface area contributed by atoms with E-state index in [1.165, 1.54) is 12.8 Å². The van der Waals surface area contributed by atoms with Crippen molar-refractivity contribution in [1.82, 2.24) is 10.2 Å². The quantitative estimate of drug-likeness (QED) is 0.903. The fourth-order valence-electron chi connectivity index (χ4n) is 3.41. The van der Waals surface area contributed by atoms with Crippen LogP contribution in [0.1, 0.15) is 37.3 Å². The molecule has 0 aromatic heterocycles. The van der Waals surface area contributed by atoms with Gasteiger partial charge in [-0.2, -0.15) is 0 Å². The van der Waals surface area contributed by atoms with Gasteiger partial charge in [0, 0.05) is 31.4 Å². The first-order valence-corrected chi connectivity index (χ1v) is 8.14. The number of likely N-dealkylation sites (tertiary alicyclic amines) is 1. The van der Waals surface area contributed by atoms with Crippen molar-refractivity contribution in [2.24, 2.45) is 0 Å². The lowest BCUT2D eigenvalue weighted by atomic mass is 10.0. The summed E-state index contributed by atoms with van der Waals surface area (Å²) in [4.78, 5) is 2.42. The molecule has 4 heteroatoms. The minimum Gasteiger partial charge on any atom is -0.381 e. The maximum absolute atomic E-state index is 14.2. The maximum Gasteiger partial charge on any atom is 0.128 e. The Balaban J connectivity index is 1.68. The van der Waals surface area contributed by atoms with Crippen molar-refractivity contribution in [2.75, 3.05) is 32.8 Å². The van der Waals surface area contributed by atoms with Gasteiger partial charge in [-0.15, -0.1) is 0 Å². The van der Waals surface area contributed by atoms with E-state index in [0.717, 1.165) is 51.3 Å². The molecule has 2 aliphatic heterocycles. The number of hydrogen-bond acceptors (Lipinski definition) is 3. The van der Waals surface area contributed by atoms with Gasteiger partial charge in [0.1, 0.15) is 5.82 Å². The lowest BCUT2D eigenvalue weighted by Gasteiger charge is -2.31. The second kappa shape index (κ2) is 7.34. The van der Waals surface area contributed by atoms with Crippen LogP contribution in [0.5, 0.6) is 0 Å². The Labute approximate surface area is 126 Å². The second-order valence-electron chi connectivity index (χ2n) is 6.08. The van der Waals surface area contributed by atoms with Crippen LogP contribution in [0.4, 0.5) is 4.39 Å². The van der Waals surface area contributed by atoms with Crippen LogP contribution in [-0.2, 0) is 4.74 Å². The number of nitrogens with zero attached hydrogens (tertiary/aromatic N) is 1. The molecule has 0 spiro atoms. The number of ether oxygens (including phenoxy) is 1. The molecule has 2 heterocycles. The van der Waals surface area contributed by atoms with Crippen molar-refractivity contribution in [3.63, 3.8) is 0 Å². The molecule has 1 unspecified atom stereocenters. The summed E-state index contributed by atoms with van der Waals surface area (Å²) in [5, 5.41) is 3.64. The molecule has 2 saturated heterocycles.